The number of halogens is 1. The molecule has 0 fully saturated rings. The second-order valence-corrected chi connectivity index (χ2v) is 2.72. The van der Waals surface area contributed by atoms with E-state index in [-0.39, 0.29) is 5.82 Å². The minimum Gasteiger partial charge on any atom is -0.481 e. The molecule has 0 aliphatic rings. The maximum absolute atomic E-state index is 12.5. The van der Waals surface area contributed by atoms with Crippen molar-refractivity contribution in [3.05, 3.63) is 30.1 Å². The lowest BCUT2D eigenvalue weighted by Gasteiger charge is -2.12. The minimum atomic E-state index is -0.703. The first-order chi connectivity index (χ1) is 6.63. The number of hydrogen-bond acceptors (Lipinski definition) is 3. The van der Waals surface area contributed by atoms with Gasteiger partial charge in [0.25, 0.3) is 5.91 Å². The van der Waals surface area contributed by atoms with Gasteiger partial charge in [-0.1, -0.05) is 0 Å². The van der Waals surface area contributed by atoms with Gasteiger partial charge in [-0.25, -0.2) is 10.2 Å². The number of carbonyl (C=O) groups is 1. The highest BCUT2D eigenvalue weighted by Gasteiger charge is 2.12. The van der Waals surface area contributed by atoms with Crippen LogP contribution in [0, 0.1) is 5.82 Å². The van der Waals surface area contributed by atoms with Crippen molar-refractivity contribution in [1.29, 1.82) is 0 Å². The Kier molecular flexibility index (Phi) is 3.41. The fourth-order valence-corrected chi connectivity index (χ4v) is 0.888. The summed E-state index contributed by atoms with van der Waals surface area (Å²) < 4.78 is 17.7. The number of rotatable bonds is 3. The van der Waals surface area contributed by atoms with E-state index in [2.05, 4.69) is 0 Å². The molecule has 0 saturated carbocycles. The van der Waals surface area contributed by atoms with Gasteiger partial charge in [-0.2, -0.15) is 0 Å². The Bertz CT molecular complexity index is 313. The lowest BCUT2D eigenvalue weighted by molar-refractivity contribution is -0.127. The standard InChI is InChI=1S/C9H11FN2O2/c1-6(9(13)12-11)14-8-4-2-7(10)3-5-8/h2-6H,11H2,1H3,(H,12,13)/t6-/m1/s1. The Morgan fingerprint density at radius 2 is 2.07 bits per heavy atom. The largest absolute Gasteiger partial charge is 0.481 e. The summed E-state index contributed by atoms with van der Waals surface area (Å²) in [5.74, 6) is 4.54. The average molecular weight is 198 g/mol. The molecule has 0 radical (unpaired) electrons. The smallest absolute Gasteiger partial charge is 0.274 e. The predicted molar refractivity (Wildman–Crippen MR) is 48.8 cm³/mol. The van der Waals surface area contributed by atoms with Crippen molar-refractivity contribution in [1.82, 2.24) is 5.43 Å². The molecule has 0 spiro atoms. The van der Waals surface area contributed by atoms with Crippen molar-refractivity contribution in [2.75, 3.05) is 0 Å². The van der Waals surface area contributed by atoms with Gasteiger partial charge in [0.15, 0.2) is 6.10 Å². The number of nitrogens with one attached hydrogen (secondary N) is 1. The van der Waals surface area contributed by atoms with Crippen LogP contribution in [0.4, 0.5) is 4.39 Å². The molecule has 0 saturated heterocycles. The lowest BCUT2D eigenvalue weighted by Crippen LogP contribution is -2.40. The summed E-state index contributed by atoms with van der Waals surface area (Å²) in [7, 11) is 0. The lowest BCUT2D eigenvalue weighted by atomic mass is 10.3. The summed E-state index contributed by atoms with van der Waals surface area (Å²) in [6, 6.07) is 5.38. The molecule has 3 N–H and O–H groups in total. The Balaban J connectivity index is 2.60. The molecule has 14 heavy (non-hydrogen) atoms. The molecule has 0 bridgehead atoms. The van der Waals surface area contributed by atoms with Crippen LogP contribution in [0.2, 0.25) is 0 Å². The topological polar surface area (TPSA) is 64.3 Å². The van der Waals surface area contributed by atoms with Crippen LogP contribution in [0.5, 0.6) is 5.75 Å². The van der Waals surface area contributed by atoms with Crippen molar-refractivity contribution < 1.29 is 13.9 Å². The summed E-state index contributed by atoms with van der Waals surface area (Å²) in [6.07, 6.45) is -0.703. The Hall–Kier alpha value is -1.62. The zero-order valence-corrected chi connectivity index (χ0v) is 7.66. The molecule has 0 aliphatic heterocycles. The van der Waals surface area contributed by atoms with Crippen LogP contribution in [-0.2, 0) is 4.79 Å². The Morgan fingerprint density at radius 3 is 2.57 bits per heavy atom. The first-order valence-electron chi connectivity index (χ1n) is 4.06. The van der Waals surface area contributed by atoms with Crippen LogP contribution in [0.15, 0.2) is 24.3 Å². The van der Waals surface area contributed by atoms with E-state index >= 15 is 0 Å². The summed E-state index contributed by atoms with van der Waals surface area (Å²) in [4.78, 5) is 10.9. The maximum Gasteiger partial charge on any atom is 0.274 e. The molecule has 5 heteroatoms. The molecule has 1 rings (SSSR count). The maximum atomic E-state index is 12.5. The van der Waals surface area contributed by atoms with Gasteiger partial charge in [0.1, 0.15) is 11.6 Å². The molecule has 76 valence electrons. The van der Waals surface area contributed by atoms with E-state index in [0.29, 0.717) is 5.75 Å². The normalized spacial score (nSPS) is 11.9. The van der Waals surface area contributed by atoms with Crippen LogP contribution in [0.25, 0.3) is 0 Å². The zero-order chi connectivity index (χ0) is 10.6. The SMILES string of the molecule is C[C@@H](Oc1ccc(F)cc1)C(=O)NN. The van der Waals surface area contributed by atoms with Crippen molar-refractivity contribution in [3.63, 3.8) is 0 Å². The van der Waals surface area contributed by atoms with Crippen molar-refractivity contribution in [2.24, 2.45) is 5.84 Å². The second-order valence-electron chi connectivity index (χ2n) is 2.72. The van der Waals surface area contributed by atoms with Gasteiger partial charge < -0.3 is 4.74 Å². The monoisotopic (exact) mass is 198 g/mol. The third-order valence-corrected chi connectivity index (χ3v) is 1.64. The van der Waals surface area contributed by atoms with Crippen LogP contribution in [0.1, 0.15) is 6.92 Å². The van der Waals surface area contributed by atoms with Gasteiger partial charge in [-0.05, 0) is 31.2 Å². The minimum absolute atomic E-state index is 0.353. The first-order valence-corrected chi connectivity index (χ1v) is 4.06. The predicted octanol–water partition coefficient (Wildman–Crippen LogP) is 0.583. The van der Waals surface area contributed by atoms with Crippen LogP contribution in [0.3, 0.4) is 0 Å². The van der Waals surface area contributed by atoms with Gasteiger partial charge in [0.05, 0.1) is 0 Å². The Labute approximate surface area is 80.8 Å². The van der Waals surface area contributed by atoms with Crippen LogP contribution in [-0.4, -0.2) is 12.0 Å². The molecule has 0 aliphatic carbocycles. The van der Waals surface area contributed by atoms with Gasteiger partial charge in [0.2, 0.25) is 0 Å². The van der Waals surface area contributed by atoms with Crippen molar-refractivity contribution in [2.45, 2.75) is 13.0 Å². The quantitative estimate of drug-likeness (QED) is 0.424. The molecule has 0 aromatic heterocycles. The van der Waals surface area contributed by atoms with Crippen LogP contribution >= 0.6 is 0 Å². The van der Waals surface area contributed by atoms with E-state index < -0.39 is 12.0 Å². The number of ether oxygens (including phenoxy) is 1. The molecule has 1 atom stereocenters. The Morgan fingerprint density at radius 1 is 1.50 bits per heavy atom. The highest BCUT2D eigenvalue weighted by molar-refractivity contribution is 5.79. The molecule has 4 nitrogen and oxygen atoms in total. The number of hydrogen-bond donors (Lipinski definition) is 2. The molecular weight excluding hydrogens is 187 g/mol. The molecule has 1 aromatic carbocycles. The van der Waals surface area contributed by atoms with Crippen molar-refractivity contribution >= 4 is 5.91 Å². The number of nitrogens with two attached hydrogens (primary N) is 1. The third-order valence-electron chi connectivity index (χ3n) is 1.64. The fraction of sp³-hybridized carbons (Fsp3) is 0.222. The number of carbonyl (C=O) groups excluding carboxylic acids is 1. The molecular formula is C9H11FN2O2. The fourth-order valence-electron chi connectivity index (χ4n) is 0.888. The summed E-state index contributed by atoms with van der Waals surface area (Å²) in [5, 5.41) is 0. The number of hydrazine groups is 1. The number of amides is 1. The second kappa shape index (κ2) is 4.57. The van der Waals surface area contributed by atoms with E-state index in [1.807, 2.05) is 5.43 Å². The van der Waals surface area contributed by atoms with E-state index in [4.69, 9.17) is 10.6 Å². The molecule has 0 unspecified atom stereocenters. The van der Waals surface area contributed by atoms with Gasteiger partial charge in [-0.3, -0.25) is 10.2 Å². The summed E-state index contributed by atoms with van der Waals surface area (Å²) in [6.45, 7) is 1.55. The van der Waals surface area contributed by atoms with Gasteiger partial charge in [0, 0.05) is 0 Å². The highest BCUT2D eigenvalue weighted by Crippen LogP contribution is 2.12. The van der Waals surface area contributed by atoms with Gasteiger partial charge in [-0.15, -0.1) is 0 Å². The number of benzene rings is 1. The average Bonchev–Trinajstić information content (AvgIpc) is 2.20. The van der Waals surface area contributed by atoms with Crippen LogP contribution < -0.4 is 16.0 Å². The zero-order valence-electron chi connectivity index (χ0n) is 7.66. The van der Waals surface area contributed by atoms with E-state index in [1.165, 1.54) is 24.3 Å². The van der Waals surface area contributed by atoms with E-state index in [0.717, 1.165) is 0 Å². The summed E-state index contributed by atoms with van der Waals surface area (Å²) >= 11 is 0. The third kappa shape index (κ3) is 2.70. The summed E-state index contributed by atoms with van der Waals surface area (Å²) in [5.41, 5.74) is 1.96. The molecule has 1 aromatic rings. The van der Waals surface area contributed by atoms with E-state index in [1.54, 1.807) is 6.92 Å². The van der Waals surface area contributed by atoms with Crippen molar-refractivity contribution in [3.8, 4) is 5.75 Å². The highest BCUT2D eigenvalue weighted by atomic mass is 19.1. The van der Waals surface area contributed by atoms with E-state index in [9.17, 15) is 9.18 Å². The molecule has 0 heterocycles. The molecule has 1 amide bonds. The van der Waals surface area contributed by atoms with Gasteiger partial charge >= 0.3 is 0 Å². The first kappa shape index (κ1) is 10.5.